The fraction of sp³-hybridized carbons (Fsp3) is 0.148. The van der Waals surface area contributed by atoms with Crippen LogP contribution in [-0.4, -0.2) is 33.7 Å². The van der Waals surface area contributed by atoms with Gasteiger partial charge in [0.2, 0.25) is 5.91 Å². The number of benzene rings is 2. The predicted molar refractivity (Wildman–Crippen MR) is 137 cm³/mol. The molecule has 0 radical (unpaired) electrons. The number of carbonyl (C=O) groups is 2. The van der Waals surface area contributed by atoms with E-state index in [0.29, 0.717) is 35.8 Å². The van der Waals surface area contributed by atoms with Crippen LogP contribution in [0.15, 0.2) is 89.3 Å². The molecule has 0 spiro atoms. The van der Waals surface area contributed by atoms with E-state index in [0.717, 1.165) is 11.1 Å². The number of hydrogen-bond acceptors (Lipinski definition) is 7. The molecule has 36 heavy (non-hydrogen) atoms. The molecule has 0 unspecified atom stereocenters. The molecule has 2 N–H and O–H groups in total. The van der Waals surface area contributed by atoms with Gasteiger partial charge in [-0.1, -0.05) is 42.5 Å². The minimum absolute atomic E-state index is 0.0272. The van der Waals surface area contributed by atoms with E-state index in [1.54, 1.807) is 48.8 Å². The van der Waals surface area contributed by atoms with Crippen molar-refractivity contribution in [3.63, 3.8) is 0 Å². The molecular weight excluding hydrogens is 456 g/mol. The van der Waals surface area contributed by atoms with Crippen molar-refractivity contribution in [2.24, 2.45) is 10.2 Å². The standard InChI is InChI=1S/C27H24N6O3/c1-2-3-9-24-30-31-26(22-14-16-28-17-15-22)32-33(24)27(35)36-19-21-10-12-23(13-11-21)29-25(34)18-20-7-5-4-6-8-20/h1,4-8,10-17H,3,9,18-19H2,(H,29,34)(H,31,32). The van der Waals surface area contributed by atoms with Gasteiger partial charge in [0.05, 0.1) is 6.42 Å². The quantitative estimate of drug-likeness (QED) is 0.476. The van der Waals surface area contributed by atoms with Crippen molar-refractivity contribution in [2.45, 2.75) is 25.9 Å². The van der Waals surface area contributed by atoms with Gasteiger partial charge in [-0.05, 0) is 35.4 Å². The lowest BCUT2D eigenvalue weighted by atomic mass is 10.1. The SMILES string of the molecule is C#CCCC1=NN=C(c2ccncc2)NN1C(=O)OCc1ccc(NC(=O)Cc2ccccc2)cc1. The molecule has 2 aromatic carbocycles. The Kier molecular flexibility index (Phi) is 8.02. The van der Waals surface area contributed by atoms with Crippen LogP contribution in [0.4, 0.5) is 10.5 Å². The molecule has 1 aromatic heterocycles. The number of nitrogens with one attached hydrogen (secondary N) is 2. The van der Waals surface area contributed by atoms with Gasteiger partial charge in [-0.3, -0.25) is 15.2 Å². The Balaban J connectivity index is 1.34. The van der Waals surface area contributed by atoms with Crippen molar-refractivity contribution in [3.8, 4) is 12.3 Å². The zero-order chi connectivity index (χ0) is 25.2. The first-order valence-electron chi connectivity index (χ1n) is 11.3. The Morgan fingerprint density at radius 2 is 1.72 bits per heavy atom. The molecule has 1 aliphatic heterocycles. The number of hydrogen-bond donors (Lipinski definition) is 2. The molecule has 0 saturated carbocycles. The Bertz CT molecular complexity index is 1300. The molecule has 4 rings (SSSR count). The van der Waals surface area contributed by atoms with Gasteiger partial charge in [0, 0.05) is 36.5 Å². The van der Waals surface area contributed by atoms with Crippen LogP contribution in [0.1, 0.15) is 29.5 Å². The van der Waals surface area contributed by atoms with Gasteiger partial charge in [0.1, 0.15) is 6.61 Å². The van der Waals surface area contributed by atoms with Crippen molar-refractivity contribution in [1.82, 2.24) is 15.4 Å². The van der Waals surface area contributed by atoms with E-state index in [9.17, 15) is 9.59 Å². The summed E-state index contributed by atoms with van der Waals surface area (Å²) in [6.07, 6.45) is 8.99. The number of rotatable bonds is 8. The average Bonchev–Trinajstić information content (AvgIpc) is 2.92. The van der Waals surface area contributed by atoms with E-state index in [2.05, 4.69) is 31.8 Å². The fourth-order valence-electron chi connectivity index (χ4n) is 3.35. The zero-order valence-electron chi connectivity index (χ0n) is 19.4. The maximum Gasteiger partial charge on any atom is 0.435 e. The van der Waals surface area contributed by atoms with Crippen LogP contribution in [0, 0.1) is 12.3 Å². The van der Waals surface area contributed by atoms with E-state index >= 15 is 0 Å². The highest BCUT2D eigenvalue weighted by Gasteiger charge is 2.26. The number of ether oxygens (including phenoxy) is 1. The molecule has 0 bridgehead atoms. The monoisotopic (exact) mass is 480 g/mol. The number of nitrogens with zero attached hydrogens (tertiary/aromatic N) is 4. The van der Waals surface area contributed by atoms with Crippen molar-refractivity contribution in [3.05, 3.63) is 95.8 Å². The zero-order valence-corrected chi connectivity index (χ0v) is 19.4. The van der Waals surface area contributed by atoms with Crippen LogP contribution in [-0.2, 0) is 22.6 Å². The van der Waals surface area contributed by atoms with E-state index in [1.165, 1.54) is 5.01 Å². The first-order valence-corrected chi connectivity index (χ1v) is 11.3. The largest absolute Gasteiger partial charge is 0.443 e. The van der Waals surface area contributed by atoms with Crippen LogP contribution in [0.25, 0.3) is 0 Å². The summed E-state index contributed by atoms with van der Waals surface area (Å²) in [6.45, 7) is 0.0272. The third-order valence-electron chi connectivity index (χ3n) is 5.18. The summed E-state index contributed by atoms with van der Waals surface area (Å²) in [7, 11) is 0. The lowest BCUT2D eigenvalue weighted by Gasteiger charge is -2.27. The summed E-state index contributed by atoms with van der Waals surface area (Å²) in [5, 5.41) is 12.4. The van der Waals surface area contributed by atoms with Crippen molar-refractivity contribution in [1.29, 1.82) is 0 Å². The number of pyridine rings is 1. The first kappa shape index (κ1) is 24.2. The third-order valence-corrected chi connectivity index (χ3v) is 5.18. The Morgan fingerprint density at radius 1 is 0.972 bits per heavy atom. The normalized spacial score (nSPS) is 12.5. The Morgan fingerprint density at radius 3 is 2.44 bits per heavy atom. The Hall–Kier alpha value is -4.97. The van der Waals surface area contributed by atoms with Crippen LogP contribution < -0.4 is 10.7 Å². The van der Waals surface area contributed by atoms with E-state index < -0.39 is 6.09 Å². The fourth-order valence-corrected chi connectivity index (χ4v) is 3.35. The molecule has 2 amide bonds. The molecule has 9 nitrogen and oxygen atoms in total. The lowest BCUT2D eigenvalue weighted by Crippen LogP contribution is -2.52. The van der Waals surface area contributed by atoms with Crippen molar-refractivity contribution >= 4 is 29.4 Å². The number of amidine groups is 2. The highest BCUT2D eigenvalue weighted by Crippen LogP contribution is 2.14. The summed E-state index contributed by atoms with van der Waals surface area (Å²) in [5.74, 6) is 3.16. The summed E-state index contributed by atoms with van der Waals surface area (Å²) >= 11 is 0. The summed E-state index contributed by atoms with van der Waals surface area (Å²) in [5.41, 5.74) is 6.02. The van der Waals surface area contributed by atoms with Crippen molar-refractivity contribution in [2.75, 3.05) is 5.32 Å². The van der Waals surface area contributed by atoms with E-state index in [4.69, 9.17) is 11.2 Å². The highest BCUT2D eigenvalue weighted by molar-refractivity contribution is 6.05. The van der Waals surface area contributed by atoms with Crippen molar-refractivity contribution < 1.29 is 14.3 Å². The summed E-state index contributed by atoms with van der Waals surface area (Å²) < 4.78 is 5.50. The van der Waals surface area contributed by atoms with Gasteiger partial charge in [-0.2, -0.15) is 5.01 Å². The Labute approximate surface area is 208 Å². The van der Waals surface area contributed by atoms with Gasteiger partial charge < -0.3 is 10.1 Å². The molecule has 0 fully saturated rings. The van der Waals surface area contributed by atoms with E-state index in [1.807, 2.05) is 30.3 Å². The number of terminal acetylenes is 1. The van der Waals surface area contributed by atoms with Crippen LogP contribution >= 0.6 is 0 Å². The molecule has 180 valence electrons. The molecule has 0 saturated heterocycles. The second-order valence-corrected chi connectivity index (χ2v) is 7.81. The number of anilines is 1. The topological polar surface area (TPSA) is 108 Å². The van der Waals surface area contributed by atoms with Gasteiger partial charge in [-0.25, -0.2) is 4.79 Å². The molecular formula is C27H24N6O3. The molecule has 1 aliphatic rings. The maximum absolute atomic E-state index is 12.9. The number of carbonyl (C=O) groups excluding carboxylic acids is 2. The first-order chi connectivity index (χ1) is 17.6. The van der Waals surface area contributed by atoms with Gasteiger partial charge in [0.15, 0.2) is 11.7 Å². The number of aromatic nitrogens is 1. The lowest BCUT2D eigenvalue weighted by molar-refractivity contribution is -0.115. The summed E-state index contributed by atoms with van der Waals surface area (Å²) in [4.78, 5) is 29.1. The second kappa shape index (κ2) is 11.9. The van der Waals surface area contributed by atoms with Gasteiger partial charge >= 0.3 is 6.09 Å². The van der Waals surface area contributed by atoms with Crippen LogP contribution in [0.2, 0.25) is 0 Å². The van der Waals surface area contributed by atoms with Gasteiger partial charge in [0.25, 0.3) is 0 Å². The minimum Gasteiger partial charge on any atom is -0.443 e. The van der Waals surface area contributed by atoms with Crippen LogP contribution in [0.5, 0.6) is 0 Å². The van der Waals surface area contributed by atoms with E-state index in [-0.39, 0.29) is 18.9 Å². The summed E-state index contributed by atoms with van der Waals surface area (Å²) in [6, 6.07) is 20.1. The molecule has 3 aromatic rings. The van der Waals surface area contributed by atoms with Gasteiger partial charge in [-0.15, -0.1) is 22.5 Å². The molecule has 0 atom stereocenters. The number of amides is 2. The molecule has 9 heteroatoms. The maximum atomic E-state index is 12.9. The molecule has 2 heterocycles. The second-order valence-electron chi connectivity index (χ2n) is 7.81. The highest BCUT2D eigenvalue weighted by atomic mass is 16.6. The van der Waals surface area contributed by atoms with Crippen LogP contribution in [0.3, 0.4) is 0 Å². The average molecular weight is 481 g/mol. The smallest absolute Gasteiger partial charge is 0.435 e. The molecule has 0 aliphatic carbocycles. The minimum atomic E-state index is -0.646. The number of hydrazine groups is 1. The predicted octanol–water partition coefficient (Wildman–Crippen LogP) is 3.89. The third kappa shape index (κ3) is 6.55.